The highest BCUT2D eigenvalue weighted by Gasteiger charge is 2.30. The van der Waals surface area contributed by atoms with Gasteiger partial charge in [0.05, 0.1) is 17.2 Å². The molecule has 2 N–H and O–H groups in total. The summed E-state index contributed by atoms with van der Waals surface area (Å²) in [6.45, 7) is 2.43. The van der Waals surface area contributed by atoms with Gasteiger partial charge in [-0.1, -0.05) is 31.2 Å². The van der Waals surface area contributed by atoms with Gasteiger partial charge in [-0.15, -0.1) is 0 Å². The number of nitrogen functional groups attached to an aromatic ring is 1. The maximum absolute atomic E-state index is 12.6. The number of para-hydroxylation sites is 1. The monoisotopic (exact) mass is 348 g/mol. The quantitative estimate of drug-likeness (QED) is 0.819. The number of anilines is 1. The fourth-order valence-corrected chi connectivity index (χ4v) is 2.92. The van der Waals surface area contributed by atoms with Gasteiger partial charge in [0.25, 0.3) is 0 Å². The molecule has 0 saturated carbocycles. The standard InChI is InChI=1S/C19H19F3N2O/c1-12(13-6-8-14(9-7-13)19(20,21)22)10-15-11-25-18(24-15)16-4-2-3-5-17(16)23/h2-9,12,15H,10-11,23H2,1H3. The second kappa shape index (κ2) is 6.78. The van der Waals surface area contributed by atoms with Crippen molar-refractivity contribution in [2.45, 2.75) is 31.5 Å². The van der Waals surface area contributed by atoms with E-state index in [2.05, 4.69) is 4.99 Å². The van der Waals surface area contributed by atoms with Crippen molar-refractivity contribution in [3.63, 3.8) is 0 Å². The van der Waals surface area contributed by atoms with Gasteiger partial charge in [-0.2, -0.15) is 13.2 Å². The Balaban J connectivity index is 1.68. The van der Waals surface area contributed by atoms with E-state index in [9.17, 15) is 13.2 Å². The summed E-state index contributed by atoms with van der Waals surface area (Å²) in [5.74, 6) is 0.606. The van der Waals surface area contributed by atoms with Gasteiger partial charge < -0.3 is 10.5 Å². The zero-order valence-electron chi connectivity index (χ0n) is 13.8. The van der Waals surface area contributed by atoms with E-state index in [1.807, 2.05) is 25.1 Å². The summed E-state index contributed by atoms with van der Waals surface area (Å²) in [4.78, 5) is 4.58. The summed E-state index contributed by atoms with van der Waals surface area (Å²) >= 11 is 0. The highest BCUT2D eigenvalue weighted by molar-refractivity contribution is 5.99. The Kier molecular flexibility index (Phi) is 4.70. The SMILES string of the molecule is CC(CC1COC(c2ccccc2N)=N1)c1ccc(C(F)(F)F)cc1. The van der Waals surface area contributed by atoms with Crippen molar-refractivity contribution in [3.8, 4) is 0 Å². The van der Waals surface area contributed by atoms with Crippen LogP contribution in [0.1, 0.15) is 36.0 Å². The van der Waals surface area contributed by atoms with Crippen LogP contribution in [0.15, 0.2) is 53.5 Å². The van der Waals surface area contributed by atoms with Crippen LogP contribution in [0.4, 0.5) is 18.9 Å². The van der Waals surface area contributed by atoms with E-state index < -0.39 is 11.7 Å². The van der Waals surface area contributed by atoms with E-state index in [1.165, 1.54) is 12.1 Å². The minimum Gasteiger partial charge on any atom is -0.475 e. The maximum atomic E-state index is 12.6. The van der Waals surface area contributed by atoms with E-state index in [0.717, 1.165) is 23.3 Å². The zero-order valence-corrected chi connectivity index (χ0v) is 13.8. The third-order valence-electron chi connectivity index (χ3n) is 4.34. The van der Waals surface area contributed by atoms with Crippen molar-refractivity contribution in [1.29, 1.82) is 0 Å². The third kappa shape index (κ3) is 3.95. The molecule has 2 atom stereocenters. The van der Waals surface area contributed by atoms with Crippen LogP contribution < -0.4 is 5.73 Å². The van der Waals surface area contributed by atoms with Crippen molar-refractivity contribution in [2.75, 3.05) is 12.3 Å². The molecule has 1 aliphatic heterocycles. The van der Waals surface area contributed by atoms with Crippen molar-refractivity contribution < 1.29 is 17.9 Å². The number of benzene rings is 2. The first-order chi connectivity index (χ1) is 11.8. The Hall–Kier alpha value is -2.50. The minimum atomic E-state index is -4.31. The molecule has 3 nitrogen and oxygen atoms in total. The highest BCUT2D eigenvalue weighted by Crippen LogP contribution is 2.31. The Bertz CT molecular complexity index is 769. The lowest BCUT2D eigenvalue weighted by molar-refractivity contribution is -0.137. The summed E-state index contributed by atoms with van der Waals surface area (Å²) in [5, 5.41) is 0. The van der Waals surface area contributed by atoms with E-state index in [1.54, 1.807) is 6.07 Å². The molecular weight excluding hydrogens is 329 g/mol. The number of ether oxygens (including phenoxy) is 1. The predicted molar refractivity (Wildman–Crippen MR) is 91.6 cm³/mol. The minimum absolute atomic E-state index is 0.0353. The Morgan fingerprint density at radius 3 is 2.48 bits per heavy atom. The van der Waals surface area contributed by atoms with Gasteiger partial charge in [-0.3, -0.25) is 0 Å². The summed E-state index contributed by atoms with van der Waals surface area (Å²) < 4.78 is 43.6. The molecule has 0 amide bonds. The molecule has 25 heavy (non-hydrogen) atoms. The summed E-state index contributed by atoms with van der Waals surface area (Å²) in [5.41, 5.74) is 7.54. The second-order valence-corrected chi connectivity index (χ2v) is 6.24. The van der Waals surface area contributed by atoms with Crippen LogP contribution in [0.5, 0.6) is 0 Å². The van der Waals surface area contributed by atoms with Gasteiger partial charge in [-0.05, 0) is 42.2 Å². The predicted octanol–water partition coefficient (Wildman–Crippen LogP) is 4.63. The van der Waals surface area contributed by atoms with E-state index in [4.69, 9.17) is 10.5 Å². The number of hydrogen-bond donors (Lipinski definition) is 1. The van der Waals surface area contributed by atoms with Crippen LogP contribution in [0.3, 0.4) is 0 Å². The number of alkyl halides is 3. The summed E-state index contributed by atoms with van der Waals surface area (Å²) in [7, 11) is 0. The van der Waals surface area contributed by atoms with E-state index in [0.29, 0.717) is 24.6 Å². The van der Waals surface area contributed by atoms with Gasteiger partial charge in [0.2, 0.25) is 5.90 Å². The third-order valence-corrected chi connectivity index (χ3v) is 4.34. The fraction of sp³-hybridized carbons (Fsp3) is 0.316. The number of hydrogen-bond acceptors (Lipinski definition) is 3. The maximum Gasteiger partial charge on any atom is 0.416 e. The smallest absolute Gasteiger partial charge is 0.416 e. The second-order valence-electron chi connectivity index (χ2n) is 6.24. The molecule has 3 rings (SSSR count). The lowest BCUT2D eigenvalue weighted by Crippen LogP contribution is -2.11. The highest BCUT2D eigenvalue weighted by atomic mass is 19.4. The first-order valence-corrected chi connectivity index (χ1v) is 8.07. The summed E-state index contributed by atoms with van der Waals surface area (Å²) in [6, 6.07) is 12.6. The van der Waals surface area contributed by atoms with Crippen LogP contribution in [-0.2, 0) is 10.9 Å². The lowest BCUT2D eigenvalue weighted by Gasteiger charge is -2.15. The zero-order chi connectivity index (χ0) is 18.0. The van der Waals surface area contributed by atoms with Crippen molar-refractivity contribution in [1.82, 2.24) is 0 Å². The molecule has 1 aliphatic rings. The molecule has 0 radical (unpaired) electrons. The van der Waals surface area contributed by atoms with Crippen LogP contribution in [0.25, 0.3) is 0 Å². The van der Waals surface area contributed by atoms with Crippen molar-refractivity contribution in [3.05, 3.63) is 65.2 Å². The van der Waals surface area contributed by atoms with Gasteiger partial charge in [-0.25, -0.2) is 4.99 Å². The lowest BCUT2D eigenvalue weighted by atomic mass is 9.93. The average molecular weight is 348 g/mol. The molecule has 0 fully saturated rings. The molecule has 0 saturated heterocycles. The van der Waals surface area contributed by atoms with Crippen LogP contribution in [0, 0.1) is 0 Å². The van der Waals surface area contributed by atoms with Gasteiger partial charge >= 0.3 is 6.18 Å². The summed E-state index contributed by atoms with van der Waals surface area (Å²) in [6.07, 6.45) is -3.61. The molecule has 2 unspecified atom stereocenters. The Labute approximate surface area is 144 Å². The number of nitrogens with two attached hydrogens (primary N) is 1. The van der Waals surface area contributed by atoms with Crippen LogP contribution in [-0.4, -0.2) is 18.5 Å². The molecular formula is C19H19F3N2O. The van der Waals surface area contributed by atoms with Gasteiger partial charge in [0.1, 0.15) is 6.61 Å². The molecule has 132 valence electrons. The normalized spacial score (nSPS) is 18.6. The number of rotatable bonds is 4. The van der Waals surface area contributed by atoms with Gasteiger partial charge in [0, 0.05) is 5.69 Å². The largest absolute Gasteiger partial charge is 0.475 e. The topological polar surface area (TPSA) is 47.6 Å². The van der Waals surface area contributed by atoms with Crippen molar-refractivity contribution in [2.24, 2.45) is 4.99 Å². The molecule has 6 heteroatoms. The Morgan fingerprint density at radius 1 is 1.16 bits per heavy atom. The molecule has 0 spiro atoms. The van der Waals surface area contributed by atoms with E-state index >= 15 is 0 Å². The Morgan fingerprint density at radius 2 is 1.84 bits per heavy atom. The van der Waals surface area contributed by atoms with Crippen LogP contribution in [0.2, 0.25) is 0 Å². The van der Waals surface area contributed by atoms with Crippen LogP contribution >= 0.6 is 0 Å². The molecule has 2 aromatic carbocycles. The van der Waals surface area contributed by atoms with Gasteiger partial charge in [0.15, 0.2) is 0 Å². The molecule has 1 heterocycles. The average Bonchev–Trinajstić information content (AvgIpc) is 3.03. The molecule has 0 aliphatic carbocycles. The first-order valence-electron chi connectivity index (χ1n) is 8.07. The number of aliphatic imine (C=N–C) groups is 1. The first kappa shape index (κ1) is 17.3. The molecule has 0 aromatic heterocycles. The fourth-order valence-electron chi connectivity index (χ4n) is 2.92. The van der Waals surface area contributed by atoms with E-state index in [-0.39, 0.29) is 12.0 Å². The number of halogens is 3. The molecule has 2 aromatic rings. The number of nitrogens with zero attached hydrogens (tertiary/aromatic N) is 1. The molecule has 0 bridgehead atoms. The van der Waals surface area contributed by atoms with Crippen molar-refractivity contribution >= 4 is 11.6 Å².